The first-order valence-electron chi connectivity index (χ1n) is 9.23. The Morgan fingerprint density at radius 3 is 2.86 bits per heavy atom. The van der Waals surface area contributed by atoms with E-state index in [1.807, 2.05) is 18.4 Å². The Morgan fingerprint density at radius 2 is 2.17 bits per heavy atom. The van der Waals surface area contributed by atoms with Crippen molar-refractivity contribution in [3.05, 3.63) is 41.3 Å². The molecule has 0 fully saturated rings. The lowest BCUT2D eigenvalue weighted by Gasteiger charge is -2.19. The number of aromatic nitrogens is 2. The summed E-state index contributed by atoms with van der Waals surface area (Å²) in [7, 11) is 1.52. The Balaban J connectivity index is 1.64. The molecule has 29 heavy (non-hydrogen) atoms. The van der Waals surface area contributed by atoms with Gasteiger partial charge in [0.05, 0.1) is 13.3 Å². The highest BCUT2D eigenvalue weighted by Crippen LogP contribution is 2.31. The van der Waals surface area contributed by atoms with Crippen molar-refractivity contribution >= 4 is 11.8 Å². The number of benzene rings is 1. The number of amidine groups is 1. The number of aliphatic imine (C=N–C) groups is 1. The number of hydrogen-bond donors (Lipinski definition) is 3. The molecular formula is C19H23FN6O3. The highest BCUT2D eigenvalue weighted by molar-refractivity contribution is 5.88. The van der Waals surface area contributed by atoms with Gasteiger partial charge >= 0.3 is 0 Å². The Hall–Kier alpha value is -3.14. The monoisotopic (exact) mass is 402 g/mol. The van der Waals surface area contributed by atoms with Crippen molar-refractivity contribution in [2.75, 3.05) is 19.0 Å². The van der Waals surface area contributed by atoms with Gasteiger partial charge in [-0.1, -0.05) is 0 Å². The second-order valence-corrected chi connectivity index (χ2v) is 7.38. The maximum atomic E-state index is 13.7. The van der Waals surface area contributed by atoms with Gasteiger partial charge in [0.15, 0.2) is 17.0 Å². The highest BCUT2D eigenvalue weighted by Gasteiger charge is 2.34. The van der Waals surface area contributed by atoms with Crippen LogP contribution in [0.4, 0.5) is 10.3 Å². The Bertz CT molecular complexity index is 1040. The average molecular weight is 402 g/mol. The first-order chi connectivity index (χ1) is 13.8. The van der Waals surface area contributed by atoms with Crippen molar-refractivity contribution in [2.24, 2.45) is 4.99 Å². The van der Waals surface area contributed by atoms with E-state index in [4.69, 9.17) is 19.7 Å². The second-order valence-electron chi connectivity index (χ2n) is 7.38. The maximum Gasteiger partial charge on any atom is 0.205 e. The van der Waals surface area contributed by atoms with Gasteiger partial charge in [-0.2, -0.15) is 4.98 Å². The Kier molecular flexibility index (Phi) is 4.65. The molecule has 4 rings (SSSR count). The van der Waals surface area contributed by atoms with Crippen molar-refractivity contribution in [1.29, 1.82) is 5.41 Å². The predicted molar refractivity (Wildman–Crippen MR) is 103 cm³/mol. The molecular weight excluding hydrogens is 379 g/mol. The molecule has 2 unspecified atom stereocenters. The van der Waals surface area contributed by atoms with E-state index < -0.39 is 11.8 Å². The van der Waals surface area contributed by atoms with Crippen molar-refractivity contribution in [3.63, 3.8) is 0 Å². The van der Waals surface area contributed by atoms with Crippen molar-refractivity contribution in [2.45, 2.75) is 38.6 Å². The summed E-state index contributed by atoms with van der Waals surface area (Å²) >= 11 is 0. The number of hydrogen-bond acceptors (Lipinski definition) is 8. The predicted octanol–water partition coefficient (Wildman–Crippen LogP) is 2.29. The molecule has 0 amide bonds. The standard InChI is InChI=1S/C19H23FN6O3/c1-10(12-7-11(20)5-6-14(12)27-4)28-15-9-26-13(8-22-18(26)23-16(15)21)17-24-19(2,3)29-25-17/h5-7,9-10,13H,8H2,1-4H3,(H,24,25)(H2,21,22,23). The van der Waals surface area contributed by atoms with Gasteiger partial charge in [-0.15, -0.1) is 0 Å². The SMILES string of the molecule is COc1ccc(F)cc1C(C)Oc1cn2c(nc1=N)NCC2C1=NC(C)(C)ON1. The van der Waals surface area contributed by atoms with Crippen LogP contribution in [0.2, 0.25) is 0 Å². The topological polar surface area (TPSA) is 106 Å². The number of hydroxylamine groups is 1. The molecule has 2 aromatic rings. The number of nitrogens with one attached hydrogen (secondary N) is 3. The summed E-state index contributed by atoms with van der Waals surface area (Å²) < 4.78 is 26.8. The quantitative estimate of drug-likeness (QED) is 0.709. The van der Waals surface area contributed by atoms with Gasteiger partial charge in [0, 0.05) is 12.1 Å². The third kappa shape index (κ3) is 3.63. The fourth-order valence-corrected chi connectivity index (χ4v) is 3.37. The largest absolute Gasteiger partial charge is 0.496 e. The van der Waals surface area contributed by atoms with Crippen LogP contribution in [0.5, 0.6) is 11.5 Å². The van der Waals surface area contributed by atoms with E-state index in [1.54, 1.807) is 19.2 Å². The van der Waals surface area contributed by atoms with Gasteiger partial charge < -0.3 is 19.4 Å². The summed E-state index contributed by atoms with van der Waals surface area (Å²) in [6.07, 6.45) is 1.15. The fraction of sp³-hybridized carbons (Fsp3) is 0.421. The molecule has 1 aromatic carbocycles. The van der Waals surface area contributed by atoms with Crippen LogP contribution in [-0.4, -0.2) is 34.8 Å². The lowest BCUT2D eigenvalue weighted by molar-refractivity contribution is -0.0277. The molecule has 3 heterocycles. The van der Waals surface area contributed by atoms with Crippen LogP contribution in [0.3, 0.4) is 0 Å². The molecule has 0 saturated heterocycles. The van der Waals surface area contributed by atoms with E-state index in [-0.39, 0.29) is 23.1 Å². The smallest absolute Gasteiger partial charge is 0.205 e. The van der Waals surface area contributed by atoms with E-state index in [1.165, 1.54) is 19.2 Å². The number of fused-ring (bicyclic) bond motifs is 1. The third-order valence-electron chi connectivity index (χ3n) is 4.79. The lowest BCUT2D eigenvalue weighted by atomic mass is 10.1. The van der Waals surface area contributed by atoms with Crippen molar-refractivity contribution < 1.29 is 18.7 Å². The van der Waals surface area contributed by atoms with Gasteiger partial charge in [0.2, 0.25) is 5.95 Å². The normalized spacial score (nSPS) is 20.3. The third-order valence-corrected chi connectivity index (χ3v) is 4.79. The fourth-order valence-electron chi connectivity index (χ4n) is 3.37. The highest BCUT2D eigenvalue weighted by atomic mass is 19.1. The van der Waals surface area contributed by atoms with Crippen LogP contribution in [0.1, 0.15) is 38.5 Å². The minimum Gasteiger partial charge on any atom is -0.496 e. The summed E-state index contributed by atoms with van der Waals surface area (Å²) in [5, 5.41) is 11.4. The molecule has 9 nitrogen and oxygen atoms in total. The van der Waals surface area contributed by atoms with Gasteiger partial charge in [-0.3, -0.25) is 5.41 Å². The number of halogens is 1. The average Bonchev–Trinajstić information content (AvgIpc) is 3.24. The number of nitrogens with zero attached hydrogens (tertiary/aromatic N) is 3. The molecule has 0 saturated carbocycles. The first kappa shape index (κ1) is 19.2. The van der Waals surface area contributed by atoms with Crippen LogP contribution in [0.25, 0.3) is 0 Å². The number of anilines is 1. The van der Waals surface area contributed by atoms with Crippen LogP contribution < -0.4 is 25.8 Å². The summed E-state index contributed by atoms with van der Waals surface area (Å²) in [6.45, 7) is 6.03. The van der Waals surface area contributed by atoms with Crippen LogP contribution >= 0.6 is 0 Å². The van der Waals surface area contributed by atoms with Crippen LogP contribution in [0, 0.1) is 11.2 Å². The first-order valence-corrected chi connectivity index (χ1v) is 9.23. The van der Waals surface area contributed by atoms with E-state index in [9.17, 15) is 4.39 Å². The summed E-state index contributed by atoms with van der Waals surface area (Å²) in [5.41, 5.74) is 2.74. The van der Waals surface area contributed by atoms with E-state index >= 15 is 0 Å². The molecule has 3 N–H and O–H groups in total. The van der Waals surface area contributed by atoms with E-state index in [2.05, 4.69) is 20.8 Å². The molecule has 0 bridgehead atoms. The molecule has 2 atom stereocenters. The van der Waals surface area contributed by atoms with Gasteiger partial charge in [0.25, 0.3) is 0 Å². The minimum atomic E-state index is -0.650. The van der Waals surface area contributed by atoms with Gasteiger partial charge in [-0.05, 0) is 39.0 Å². The van der Waals surface area contributed by atoms with Crippen LogP contribution in [0.15, 0.2) is 29.4 Å². The molecule has 1 aromatic heterocycles. The number of ether oxygens (including phenoxy) is 2. The molecule has 10 heteroatoms. The molecule has 0 aliphatic carbocycles. The zero-order chi connectivity index (χ0) is 20.8. The Morgan fingerprint density at radius 1 is 1.38 bits per heavy atom. The minimum absolute atomic E-state index is 0.0236. The zero-order valence-electron chi connectivity index (χ0n) is 16.6. The van der Waals surface area contributed by atoms with Crippen molar-refractivity contribution in [3.8, 4) is 11.5 Å². The Labute approximate surface area is 167 Å². The molecule has 0 radical (unpaired) electrons. The summed E-state index contributed by atoms with van der Waals surface area (Å²) in [4.78, 5) is 14.3. The molecule has 2 aliphatic rings. The maximum absolute atomic E-state index is 13.7. The number of methoxy groups -OCH3 is 1. The van der Waals surface area contributed by atoms with Crippen LogP contribution in [-0.2, 0) is 4.84 Å². The van der Waals surface area contributed by atoms with E-state index in [0.29, 0.717) is 29.6 Å². The summed E-state index contributed by atoms with van der Waals surface area (Å²) in [5.74, 6) is 1.59. The molecule has 154 valence electrons. The molecule has 0 spiro atoms. The lowest BCUT2D eigenvalue weighted by Crippen LogP contribution is -2.30. The van der Waals surface area contributed by atoms with E-state index in [0.717, 1.165) is 0 Å². The molecule has 2 aliphatic heterocycles. The summed E-state index contributed by atoms with van der Waals surface area (Å²) in [6, 6.07) is 4.06. The number of rotatable bonds is 5. The second kappa shape index (κ2) is 7.03. The van der Waals surface area contributed by atoms with Gasteiger partial charge in [0.1, 0.15) is 29.5 Å². The van der Waals surface area contributed by atoms with Crippen molar-refractivity contribution in [1.82, 2.24) is 15.0 Å². The van der Waals surface area contributed by atoms with Gasteiger partial charge in [-0.25, -0.2) is 19.7 Å². The zero-order valence-corrected chi connectivity index (χ0v) is 16.6.